The second-order valence-corrected chi connectivity index (χ2v) is 22.7. The lowest BCUT2D eigenvalue weighted by atomic mass is 9.70. The Morgan fingerprint density at radius 1 is 0.947 bits per heavy atom. The standard InChI is InChI=1S/C58H68ClF3N8O6/c1-34-48-46(31-43(61)51(59)50(48)49-41(53(63)72)16-17-45(52(49)62)75-29-23-60)76-58(34,38-8-6-5-7-9-38)22-24-64-39-13-10-36(11-14-39)55(73)69-26-18-35(19-27-69)32-68-25-20-42(57(2,3)33-68)37-12-15-40-44(30-37)67(4)66-54(40)70-28-21-47(71)65-56(70)74/h5-9,12,15-17,30-31,34-36,39,42,64H,10-11,13-14,18-29,32-33H2,1-4H3,(H2,63,72)(H,65,71,74)/t34-,36?,39?,42?,58-/m0/s1. The van der Waals surface area contributed by atoms with E-state index >= 15 is 8.78 Å². The van der Waals surface area contributed by atoms with Crippen LogP contribution in [0, 0.1) is 28.9 Å². The number of aromatic nitrogens is 2. The third kappa shape index (κ3) is 10.1. The summed E-state index contributed by atoms with van der Waals surface area (Å²) in [5.74, 6) is -2.13. The maximum Gasteiger partial charge on any atom is 0.329 e. The Bertz CT molecular complexity index is 3030. The average Bonchev–Trinajstić information content (AvgIpc) is 3.93. The van der Waals surface area contributed by atoms with Crippen LogP contribution in [-0.2, 0) is 22.2 Å². The van der Waals surface area contributed by atoms with Gasteiger partial charge in [0.1, 0.15) is 30.4 Å². The summed E-state index contributed by atoms with van der Waals surface area (Å²) < 4.78 is 59.4. The Balaban J connectivity index is 0.725. The first-order valence-corrected chi connectivity index (χ1v) is 27.3. The van der Waals surface area contributed by atoms with Crippen molar-refractivity contribution in [2.24, 2.45) is 30.0 Å². The number of benzene rings is 4. The zero-order valence-corrected chi connectivity index (χ0v) is 44.5. The fourth-order valence-corrected chi connectivity index (χ4v) is 13.5. The van der Waals surface area contributed by atoms with Gasteiger partial charge in [0.05, 0.1) is 16.1 Å². The van der Waals surface area contributed by atoms with E-state index in [1.165, 1.54) is 23.8 Å². The number of alkyl halides is 1. The summed E-state index contributed by atoms with van der Waals surface area (Å²) in [6.45, 7) is 10.7. The highest BCUT2D eigenvalue weighted by Crippen LogP contribution is 2.58. The molecule has 1 unspecified atom stereocenters. The molecule has 0 bridgehead atoms. The lowest BCUT2D eigenvalue weighted by Gasteiger charge is -2.46. The van der Waals surface area contributed by atoms with Gasteiger partial charge in [-0.15, -0.1) is 0 Å². The number of fused-ring (bicyclic) bond motifs is 2. The summed E-state index contributed by atoms with van der Waals surface area (Å²) in [6, 6.07) is 19.4. The fraction of sp³-hybridized carbons (Fsp3) is 0.500. The van der Waals surface area contributed by atoms with Gasteiger partial charge in [0.2, 0.25) is 17.7 Å². The number of piperidine rings is 2. The number of halogens is 4. The number of likely N-dealkylation sites (tertiary alicyclic amines) is 2. The van der Waals surface area contributed by atoms with Crippen molar-refractivity contribution in [2.45, 2.75) is 102 Å². The van der Waals surface area contributed by atoms with Crippen molar-refractivity contribution in [3.8, 4) is 22.6 Å². The number of rotatable bonds is 15. The van der Waals surface area contributed by atoms with E-state index in [1.54, 1.807) is 4.90 Å². The summed E-state index contributed by atoms with van der Waals surface area (Å²) in [6.07, 6.45) is 6.95. The van der Waals surface area contributed by atoms with Crippen LogP contribution in [-0.4, -0.2) is 108 Å². The topological polar surface area (TPSA) is 164 Å². The molecule has 5 amide bonds. The third-order valence-corrected chi connectivity index (χ3v) is 17.6. The van der Waals surface area contributed by atoms with Gasteiger partial charge in [-0.1, -0.05) is 68.8 Å². The summed E-state index contributed by atoms with van der Waals surface area (Å²) in [7, 11) is 1.90. The van der Waals surface area contributed by atoms with E-state index in [-0.39, 0.29) is 63.8 Å². The number of urea groups is 1. The van der Waals surface area contributed by atoms with Crippen LogP contribution in [0.25, 0.3) is 22.0 Å². The number of hydrogen-bond donors (Lipinski definition) is 3. The molecule has 0 spiro atoms. The van der Waals surface area contributed by atoms with Gasteiger partial charge >= 0.3 is 6.03 Å². The number of nitrogens with one attached hydrogen (secondary N) is 2. The normalized spacial score (nSPS) is 24.1. The van der Waals surface area contributed by atoms with Crippen LogP contribution in [0.5, 0.6) is 11.5 Å². The number of nitrogens with zero attached hydrogens (tertiary/aromatic N) is 5. The van der Waals surface area contributed by atoms with E-state index in [0.29, 0.717) is 42.7 Å². The van der Waals surface area contributed by atoms with Gasteiger partial charge in [-0.3, -0.25) is 29.3 Å². The molecule has 4 fully saturated rings. The highest BCUT2D eigenvalue weighted by atomic mass is 35.5. The summed E-state index contributed by atoms with van der Waals surface area (Å²) in [4.78, 5) is 57.5. The molecule has 76 heavy (non-hydrogen) atoms. The SMILES string of the molecule is C[C@H]1c2c(cc(F)c(Cl)c2-c2c(C(N)=O)ccc(OCCF)c2F)O[C@]1(CCNC1CCC(C(=O)N2CCC(CN3CCC(c4ccc5c(N6CCC(=O)NC6=O)nn(C)c5c4)C(C)(C)C3)CC2)CC1)c1ccccc1. The van der Waals surface area contributed by atoms with Crippen molar-refractivity contribution in [2.75, 3.05) is 64.0 Å². The Kier molecular flexibility index (Phi) is 15.2. The number of carbonyl (C=O) groups excluding carboxylic acids is 4. The predicted molar refractivity (Wildman–Crippen MR) is 285 cm³/mol. The molecule has 5 aliphatic rings. The number of aryl methyl sites for hydroxylation is 1. The minimum absolute atomic E-state index is 0.0190. The molecule has 14 nitrogen and oxygen atoms in total. The monoisotopic (exact) mass is 1060 g/mol. The van der Waals surface area contributed by atoms with Gasteiger partial charge in [-0.25, -0.2) is 18.0 Å². The lowest BCUT2D eigenvalue weighted by Crippen LogP contribution is -2.49. The number of carbonyl (C=O) groups is 4. The van der Waals surface area contributed by atoms with E-state index in [2.05, 4.69) is 52.5 Å². The van der Waals surface area contributed by atoms with Crippen molar-refractivity contribution in [3.05, 3.63) is 106 Å². The van der Waals surface area contributed by atoms with Crippen LogP contribution < -0.4 is 30.7 Å². The molecule has 1 aromatic heterocycles. The van der Waals surface area contributed by atoms with Gasteiger partial charge in [0, 0.05) is 98.6 Å². The van der Waals surface area contributed by atoms with Crippen molar-refractivity contribution in [1.82, 2.24) is 30.2 Å². The molecule has 3 atom stereocenters. The molecule has 4 aromatic carbocycles. The first-order chi connectivity index (χ1) is 36.5. The van der Waals surface area contributed by atoms with Gasteiger partial charge in [0.15, 0.2) is 17.4 Å². The maximum absolute atomic E-state index is 16.4. The van der Waals surface area contributed by atoms with Crippen LogP contribution in [0.4, 0.5) is 23.8 Å². The van der Waals surface area contributed by atoms with Crippen molar-refractivity contribution in [3.63, 3.8) is 0 Å². The van der Waals surface area contributed by atoms with Crippen LogP contribution in [0.3, 0.4) is 0 Å². The number of primary amides is 1. The van der Waals surface area contributed by atoms with E-state index in [0.717, 1.165) is 94.1 Å². The van der Waals surface area contributed by atoms with Crippen LogP contribution in [0.1, 0.15) is 117 Å². The number of hydrogen-bond acceptors (Lipinski definition) is 9. The van der Waals surface area contributed by atoms with Gasteiger partial charge in [-0.2, -0.15) is 5.10 Å². The molecule has 18 heteroatoms. The third-order valence-electron chi connectivity index (χ3n) is 17.2. The second-order valence-electron chi connectivity index (χ2n) is 22.3. The molecular formula is C58H68ClF3N8O6. The molecular weight excluding hydrogens is 997 g/mol. The van der Waals surface area contributed by atoms with E-state index < -0.39 is 53.4 Å². The largest absolute Gasteiger partial charge is 0.488 e. The van der Waals surface area contributed by atoms with Gasteiger partial charge < -0.3 is 30.3 Å². The van der Waals surface area contributed by atoms with E-state index in [4.69, 9.17) is 31.9 Å². The lowest BCUT2D eigenvalue weighted by molar-refractivity contribution is -0.138. The number of ether oxygens (including phenoxy) is 2. The van der Waals surface area contributed by atoms with Crippen LogP contribution >= 0.6 is 11.6 Å². The molecule has 0 radical (unpaired) electrons. The molecule has 10 rings (SSSR count). The highest BCUT2D eigenvalue weighted by Gasteiger charge is 2.50. The molecule has 3 saturated heterocycles. The molecule has 4 N–H and O–H groups in total. The van der Waals surface area contributed by atoms with Gasteiger partial charge in [-0.05, 0) is 111 Å². The smallest absolute Gasteiger partial charge is 0.329 e. The predicted octanol–water partition coefficient (Wildman–Crippen LogP) is 9.75. The fourth-order valence-electron chi connectivity index (χ4n) is 13.2. The molecule has 5 aromatic rings. The van der Waals surface area contributed by atoms with Gasteiger partial charge in [0.25, 0.3) is 0 Å². The maximum atomic E-state index is 16.4. The summed E-state index contributed by atoms with van der Waals surface area (Å²) in [5.41, 5.74) is 7.54. The average molecular weight is 1070 g/mol. The Hall–Kier alpha value is -6.17. The summed E-state index contributed by atoms with van der Waals surface area (Å²) in [5, 5.41) is 11.3. The number of nitrogens with two attached hydrogens (primary N) is 1. The van der Waals surface area contributed by atoms with E-state index in [9.17, 15) is 23.6 Å². The molecule has 404 valence electrons. The second kappa shape index (κ2) is 21.7. The number of imide groups is 1. The zero-order valence-electron chi connectivity index (χ0n) is 43.7. The Morgan fingerprint density at radius 3 is 2.39 bits per heavy atom. The number of anilines is 1. The van der Waals surface area contributed by atoms with E-state index in [1.807, 2.05) is 49.0 Å². The number of amides is 5. The minimum Gasteiger partial charge on any atom is -0.488 e. The van der Waals surface area contributed by atoms with Crippen LogP contribution in [0.15, 0.2) is 66.7 Å². The molecule has 1 aliphatic carbocycles. The van der Waals surface area contributed by atoms with Crippen molar-refractivity contribution < 1.29 is 41.8 Å². The molecule has 1 saturated carbocycles. The first-order valence-electron chi connectivity index (χ1n) is 26.9. The quantitative estimate of drug-likeness (QED) is 0.0926. The van der Waals surface area contributed by atoms with Crippen LogP contribution in [0.2, 0.25) is 5.02 Å². The zero-order chi connectivity index (χ0) is 53.6. The highest BCUT2D eigenvalue weighted by molar-refractivity contribution is 6.34. The Labute approximate surface area is 446 Å². The summed E-state index contributed by atoms with van der Waals surface area (Å²) >= 11 is 6.71. The molecule has 5 heterocycles. The van der Waals surface area contributed by atoms with Crippen molar-refractivity contribution >= 4 is 52.1 Å². The minimum atomic E-state index is -1.05. The van der Waals surface area contributed by atoms with Crippen molar-refractivity contribution in [1.29, 1.82) is 0 Å². The Morgan fingerprint density at radius 2 is 1.70 bits per heavy atom. The first kappa shape index (κ1) is 53.2. The molecule has 4 aliphatic heterocycles.